The molecular weight excluding hydrogens is 243 g/mol. The lowest BCUT2D eigenvalue weighted by molar-refractivity contribution is -0.260. The molecule has 0 N–H and O–H groups in total. The Kier molecular flexibility index (Phi) is 3.92. The average molecular weight is 248 g/mol. The van der Waals surface area contributed by atoms with Crippen molar-refractivity contribution in [3.05, 3.63) is 0 Å². The molecule has 0 saturated heterocycles. The maximum atomic E-state index is 12.3. The Bertz CT molecular complexity index is 209. The van der Waals surface area contributed by atoms with Crippen LogP contribution in [-0.2, 0) is 0 Å². The van der Waals surface area contributed by atoms with Crippen molar-refractivity contribution in [2.45, 2.75) is 30.6 Å². The molecule has 0 aromatic rings. The summed E-state index contributed by atoms with van der Waals surface area (Å²) < 4.78 is 107. The summed E-state index contributed by atoms with van der Waals surface area (Å²) in [5.41, 5.74) is 0. The van der Waals surface area contributed by atoms with Gasteiger partial charge in [0, 0.05) is 0 Å². The Balaban J connectivity index is 4.79. The summed E-state index contributed by atoms with van der Waals surface area (Å²) in [6.45, 7) is -2.90. The van der Waals surface area contributed by atoms with Crippen molar-refractivity contribution in [1.82, 2.24) is 0 Å². The molecule has 0 rings (SSSR count). The van der Waals surface area contributed by atoms with E-state index in [1.54, 1.807) is 0 Å². The number of rotatable bonds is 5. The van der Waals surface area contributed by atoms with Gasteiger partial charge in [0.15, 0.2) is 6.67 Å². The van der Waals surface area contributed by atoms with Gasteiger partial charge in [0.2, 0.25) is 0 Å². The van der Waals surface area contributed by atoms with Gasteiger partial charge >= 0.3 is 24.2 Å². The first-order chi connectivity index (χ1) is 6.46. The molecule has 0 nitrogen and oxygen atoms in total. The zero-order valence-electron chi connectivity index (χ0n) is 6.89. The molecule has 15 heavy (non-hydrogen) atoms. The molecule has 92 valence electrons. The molecule has 0 fully saturated rings. The Hall–Kier alpha value is -0.630. The van der Waals surface area contributed by atoms with Crippen LogP contribution in [-0.4, -0.2) is 30.9 Å². The van der Waals surface area contributed by atoms with Gasteiger partial charge in [-0.3, -0.25) is 0 Å². The number of hydrogen-bond donors (Lipinski definition) is 0. The van der Waals surface area contributed by atoms with Crippen LogP contribution in [0, 0.1) is 0 Å². The second-order valence-corrected chi connectivity index (χ2v) is 2.78. The third-order valence-electron chi connectivity index (χ3n) is 1.48. The van der Waals surface area contributed by atoms with E-state index in [1.807, 2.05) is 0 Å². The first-order valence-corrected chi connectivity index (χ1v) is 3.44. The first-order valence-electron chi connectivity index (χ1n) is 3.44. The molecule has 0 aromatic heterocycles. The maximum Gasteiger partial charge on any atom is 0.338 e. The number of hydrogen-bond acceptors (Lipinski definition) is 0. The van der Waals surface area contributed by atoms with Gasteiger partial charge in [-0.1, -0.05) is 0 Å². The van der Waals surface area contributed by atoms with E-state index in [2.05, 4.69) is 0 Å². The van der Waals surface area contributed by atoms with Gasteiger partial charge in [0.1, 0.15) is 0 Å². The Labute approximate surface area is 78.1 Å². The molecule has 0 radical (unpaired) electrons. The monoisotopic (exact) mass is 248 g/mol. The normalized spacial score (nSPS) is 14.8. The van der Waals surface area contributed by atoms with Gasteiger partial charge < -0.3 is 0 Å². The van der Waals surface area contributed by atoms with E-state index in [0.29, 0.717) is 0 Å². The average Bonchev–Trinajstić information content (AvgIpc) is 2.01. The Morgan fingerprint density at radius 1 is 0.800 bits per heavy atom. The second kappa shape index (κ2) is 4.09. The number of alkyl halides is 9. The van der Waals surface area contributed by atoms with Gasteiger partial charge in [-0.15, -0.1) is 0 Å². The summed E-state index contributed by atoms with van der Waals surface area (Å²) in [6.07, 6.45) is -7.62. The summed E-state index contributed by atoms with van der Waals surface area (Å²) in [4.78, 5) is 0. The van der Waals surface area contributed by atoms with Gasteiger partial charge in [-0.25, -0.2) is 22.0 Å². The maximum absolute atomic E-state index is 12.3. The predicted octanol–water partition coefficient (Wildman–Crippen LogP) is 3.52. The minimum absolute atomic E-state index is 2.90. The van der Waals surface area contributed by atoms with Crippen LogP contribution >= 0.6 is 0 Å². The summed E-state index contributed by atoms with van der Waals surface area (Å²) >= 11 is 0. The van der Waals surface area contributed by atoms with Crippen molar-refractivity contribution in [2.24, 2.45) is 0 Å². The van der Waals surface area contributed by atoms with Crippen molar-refractivity contribution >= 4 is 0 Å². The highest BCUT2D eigenvalue weighted by Crippen LogP contribution is 2.43. The molecule has 0 unspecified atom stereocenters. The highest BCUT2D eigenvalue weighted by atomic mass is 19.3. The Morgan fingerprint density at radius 2 is 1.20 bits per heavy atom. The van der Waals surface area contributed by atoms with Crippen LogP contribution in [0.2, 0.25) is 0 Å². The zero-order valence-corrected chi connectivity index (χ0v) is 6.89. The van der Waals surface area contributed by atoms with Crippen LogP contribution in [0.25, 0.3) is 0 Å². The van der Waals surface area contributed by atoms with Crippen molar-refractivity contribution in [2.75, 3.05) is 6.67 Å². The minimum atomic E-state index is -5.53. The molecule has 0 aliphatic carbocycles. The van der Waals surface area contributed by atoms with Crippen LogP contribution in [0.15, 0.2) is 0 Å². The van der Waals surface area contributed by atoms with E-state index in [4.69, 9.17) is 0 Å². The molecule has 0 saturated carbocycles. The van der Waals surface area contributed by atoms with Crippen LogP contribution in [0.4, 0.5) is 39.5 Å². The van der Waals surface area contributed by atoms with Crippen molar-refractivity contribution in [3.63, 3.8) is 0 Å². The smallest absolute Gasteiger partial charge is 0.244 e. The standard InChI is InChI=1S/C6H5F9/c7-2-6(14,15)5(12,13)1-4(10,11)3(8)9/h3H,1-2H2. The fraction of sp³-hybridized carbons (Fsp3) is 1.00. The van der Waals surface area contributed by atoms with E-state index in [0.717, 1.165) is 0 Å². The third-order valence-corrected chi connectivity index (χ3v) is 1.48. The van der Waals surface area contributed by atoms with E-state index in [9.17, 15) is 39.5 Å². The SMILES string of the molecule is FCC(F)(F)C(F)(F)CC(F)(F)C(F)F. The van der Waals surface area contributed by atoms with Gasteiger partial charge in [0.05, 0.1) is 6.42 Å². The molecule has 0 spiro atoms. The van der Waals surface area contributed by atoms with Crippen LogP contribution in [0.1, 0.15) is 6.42 Å². The lowest BCUT2D eigenvalue weighted by Gasteiger charge is -2.27. The van der Waals surface area contributed by atoms with E-state index >= 15 is 0 Å². The van der Waals surface area contributed by atoms with Crippen molar-refractivity contribution < 1.29 is 39.5 Å². The lowest BCUT2D eigenvalue weighted by Crippen LogP contribution is -2.47. The topological polar surface area (TPSA) is 0 Å². The summed E-state index contributed by atoms with van der Waals surface area (Å²) in [6, 6.07) is 0. The highest BCUT2D eigenvalue weighted by Gasteiger charge is 2.62. The molecule has 0 atom stereocenters. The quantitative estimate of drug-likeness (QED) is 0.653. The fourth-order valence-corrected chi connectivity index (χ4v) is 0.600. The van der Waals surface area contributed by atoms with E-state index in [1.165, 1.54) is 0 Å². The predicted molar refractivity (Wildman–Crippen MR) is 31.4 cm³/mol. The zero-order chi connectivity index (χ0) is 12.5. The van der Waals surface area contributed by atoms with Crippen molar-refractivity contribution in [3.8, 4) is 0 Å². The number of halogens is 9. The van der Waals surface area contributed by atoms with Crippen LogP contribution in [0.5, 0.6) is 0 Å². The van der Waals surface area contributed by atoms with Crippen molar-refractivity contribution in [1.29, 1.82) is 0 Å². The molecule has 9 heteroatoms. The largest absolute Gasteiger partial charge is 0.338 e. The molecule has 0 aliphatic heterocycles. The van der Waals surface area contributed by atoms with Gasteiger partial charge in [-0.2, -0.15) is 17.6 Å². The molecule has 0 heterocycles. The van der Waals surface area contributed by atoms with Gasteiger partial charge in [-0.05, 0) is 0 Å². The molecule has 0 aromatic carbocycles. The van der Waals surface area contributed by atoms with E-state index < -0.39 is 37.3 Å². The molecule has 0 aliphatic rings. The lowest BCUT2D eigenvalue weighted by atomic mass is 10.0. The summed E-state index contributed by atoms with van der Waals surface area (Å²) in [7, 11) is 0. The van der Waals surface area contributed by atoms with E-state index in [-0.39, 0.29) is 0 Å². The summed E-state index contributed by atoms with van der Waals surface area (Å²) in [5, 5.41) is 0. The molecule has 0 amide bonds. The minimum Gasteiger partial charge on any atom is -0.244 e. The Morgan fingerprint density at radius 3 is 1.47 bits per heavy atom. The highest BCUT2D eigenvalue weighted by molar-refractivity contribution is 4.90. The van der Waals surface area contributed by atoms with Gasteiger partial charge in [0.25, 0.3) is 0 Å². The van der Waals surface area contributed by atoms with Crippen LogP contribution in [0.3, 0.4) is 0 Å². The van der Waals surface area contributed by atoms with Crippen LogP contribution < -0.4 is 0 Å². The summed E-state index contributed by atoms with van der Waals surface area (Å²) in [5.74, 6) is -16.2. The second-order valence-electron chi connectivity index (χ2n) is 2.78. The molecule has 0 bridgehead atoms. The fourth-order valence-electron chi connectivity index (χ4n) is 0.600. The molecular formula is C6H5F9. The third kappa shape index (κ3) is 3.16. The first kappa shape index (κ1) is 14.4.